The second-order valence-corrected chi connectivity index (χ2v) is 2.81. The molecule has 0 aliphatic heterocycles. The van der Waals surface area contributed by atoms with Crippen molar-refractivity contribution in [2.24, 2.45) is 5.73 Å². The molecule has 15 heavy (non-hydrogen) atoms. The topological polar surface area (TPSA) is 116 Å². The highest BCUT2D eigenvalue weighted by Crippen LogP contribution is 1.87. The second kappa shape index (κ2) is 8.16. The average molecular weight is 219 g/mol. The van der Waals surface area contributed by atoms with Crippen LogP contribution in [-0.4, -0.2) is 66.3 Å². The Bertz CT molecular complexity index is 204. The number of nitrogens with zero attached hydrogens (tertiary/aromatic N) is 1. The summed E-state index contributed by atoms with van der Waals surface area (Å²) in [5.74, 6) is -0.781. The van der Waals surface area contributed by atoms with E-state index in [2.05, 4.69) is 5.32 Å². The van der Waals surface area contributed by atoms with Gasteiger partial charge in [0.2, 0.25) is 11.8 Å². The Hall–Kier alpha value is -1.18. The fourth-order valence-corrected chi connectivity index (χ4v) is 0.961. The smallest absolute Gasteiger partial charge is 0.242 e. The molecule has 0 spiro atoms. The van der Waals surface area contributed by atoms with E-state index in [1.807, 2.05) is 0 Å². The molecule has 0 heterocycles. The molecule has 0 aromatic heterocycles. The largest absolute Gasteiger partial charge is 0.395 e. The van der Waals surface area contributed by atoms with Crippen LogP contribution in [0.2, 0.25) is 0 Å². The Balaban J connectivity index is 3.96. The van der Waals surface area contributed by atoms with E-state index >= 15 is 0 Å². The Morgan fingerprint density at radius 3 is 2.13 bits per heavy atom. The number of aliphatic hydroxyl groups is 2. The zero-order valence-electron chi connectivity index (χ0n) is 8.48. The van der Waals surface area contributed by atoms with Crippen LogP contribution < -0.4 is 11.1 Å². The minimum absolute atomic E-state index is 0.137. The third kappa shape index (κ3) is 6.00. The van der Waals surface area contributed by atoms with Gasteiger partial charge in [-0.1, -0.05) is 0 Å². The normalized spacial score (nSPS) is 9.80. The van der Waals surface area contributed by atoms with Crippen molar-refractivity contribution in [2.45, 2.75) is 0 Å². The van der Waals surface area contributed by atoms with Gasteiger partial charge in [0.25, 0.3) is 0 Å². The molecule has 0 saturated heterocycles. The van der Waals surface area contributed by atoms with Gasteiger partial charge in [0.1, 0.15) is 0 Å². The average Bonchev–Trinajstić information content (AvgIpc) is 2.25. The molecule has 2 amide bonds. The Morgan fingerprint density at radius 2 is 1.73 bits per heavy atom. The van der Waals surface area contributed by atoms with Gasteiger partial charge in [0.05, 0.1) is 26.3 Å². The van der Waals surface area contributed by atoms with Crippen molar-refractivity contribution >= 4 is 11.8 Å². The molecule has 7 nitrogen and oxygen atoms in total. The molecule has 0 aliphatic rings. The third-order valence-electron chi connectivity index (χ3n) is 1.71. The standard InChI is InChI=1S/C8H17N3O4/c9-5-7(14)10-6-8(15)11(1-3-12)2-4-13/h12-13H,1-6,9H2,(H,10,14). The maximum Gasteiger partial charge on any atom is 0.242 e. The first-order valence-corrected chi connectivity index (χ1v) is 4.62. The van der Waals surface area contributed by atoms with E-state index in [0.717, 1.165) is 0 Å². The first kappa shape index (κ1) is 13.8. The van der Waals surface area contributed by atoms with Crippen LogP contribution in [-0.2, 0) is 9.59 Å². The molecule has 88 valence electrons. The second-order valence-electron chi connectivity index (χ2n) is 2.81. The van der Waals surface area contributed by atoms with E-state index in [-0.39, 0.29) is 45.3 Å². The Kier molecular flexibility index (Phi) is 7.51. The molecule has 0 rings (SSSR count). The molecular weight excluding hydrogens is 202 g/mol. The van der Waals surface area contributed by atoms with Crippen molar-refractivity contribution in [2.75, 3.05) is 39.4 Å². The van der Waals surface area contributed by atoms with E-state index < -0.39 is 5.91 Å². The van der Waals surface area contributed by atoms with Crippen LogP contribution in [0.4, 0.5) is 0 Å². The summed E-state index contributed by atoms with van der Waals surface area (Å²) in [6, 6.07) is 0. The molecule has 0 aromatic carbocycles. The summed E-state index contributed by atoms with van der Waals surface area (Å²) in [4.78, 5) is 23.4. The van der Waals surface area contributed by atoms with Gasteiger partial charge in [0, 0.05) is 13.1 Å². The van der Waals surface area contributed by atoms with Gasteiger partial charge in [-0.2, -0.15) is 0 Å². The quantitative estimate of drug-likeness (QED) is 0.361. The van der Waals surface area contributed by atoms with Crippen molar-refractivity contribution in [1.82, 2.24) is 10.2 Å². The number of nitrogens with one attached hydrogen (secondary N) is 1. The van der Waals surface area contributed by atoms with Gasteiger partial charge in [-0.15, -0.1) is 0 Å². The fraction of sp³-hybridized carbons (Fsp3) is 0.750. The number of aliphatic hydroxyl groups excluding tert-OH is 2. The molecule has 0 fully saturated rings. The summed E-state index contributed by atoms with van der Waals surface area (Å²) in [6.45, 7) is -0.438. The highest BCUT2D eigenvalue weighted by atomic mass is 16.3. The summed E-state index contributed by atoms with van der Waals surface area (Å²) in [7, 11) is 0. The van der Waals surface area contributed by atoms with Crippen LogP contribution in [0, 0.1) is 0 Å². The molecule has 0 saturated carbocycles. The summed E-state index contributed by atoms with van der Waals surface area (Å²) < 4.78 is 0. The van der Waals surface area contributed by atoms with Crippen molar-refractivity contribution in [3.63, 3.8) is 0 Å². The molecule has 0 bridgehead atoms. The Morgan fingerprint density at radius 1 is 1.20 bits per heavy atom. The van der Waals surface area contributed by atoms with E-state index in [9.17, 15) is 9.59 Å². The number of nitrogens with two attached hydrogens (primary N) is 1. The first-order chi connectivity index (χ1) is 7.15. The number of amides is 2. The van der Waals surface area contributed by atoms with Gasteiger partial charge >= 0.3 is 0 Å². The fourth-order valence-electron chi connectivity index (χ4n) is 0.961. The summed E-state index contributed by atoms with van der Waals surface area (Å²) in [6.07, 6.45) is 0. The van der Waals surface area contributed by atoms with Crippen LogP contribution >= 0.6 is 0 Å². The van der Waals surface area contributed by atoms with Crippen LogP contribution in [0.15, 0.2) is 0 Å². The van der Waals surface area contributed by atoms with Gasteiger partial charge in [0.15, 0.2) is 0 Å². The maximum atomic E-state index is 11.4. The minimum Gasteiger partial charge on any atom is -0.395 e. The number of carbonyl (C=O) groups excluding carboxylic acids is 2. The van der Waals surface area contributed by atoms with E-state index in [1.165, 1.54) is 4.90 Å². The molecule has 0 unspecified atom stereocenters. The van der Waals surface area contributed by atoms with Crippen LogP contribution in [0.1, 0.15) is 0 Å². The predicted octanol–water partition coefficient (Wildman–Crippen LogP) is -3.13. The molecule has 5 N–H and O–H groups in total. The zero-order chi connectivity index (χ0) is 11.7. The number of carbonyl (C=O) groups is 2. The number of hydrogen-bond donors (Lipinski definition) is 4. The van der Waals surface area contributed by atoms with Crippen molar-refractivity contribution in [3.8, 4) is 0 Å². The zero-order valence-corrected chi connectivity index (χ0v) is 8.48. The van der Waals surface area contributed by atoms with Crippen molar-refractivity contribution in [3.05, 3.63) is 0 Å². The third-order valence-corrected chi connectivity index (χ3v) is 1.71. The monoisotopic (exact) mass is 219 g/mol. The highest BCUT2D eigenvalue weighted by molar-refractivity contribution is 5.85. The van der Waals surface area contributed by atoms with Crippen molar-refractivity contribution in [1.29, 1.82) is 0 Å². The lowest BCUT2D eigenvalue weighted by molar-refractivity contribution is -0.133. The lowest BCUT2D eigenvalue weighted by Crippen LogP contribution is -2.44. The van der Waals surface area contributed by atoms with Crippen LogP contribution in [0.5, 0.6) is 0 Å². The Labute approximate surface area is 87.9 Å². The number of rotatable bonds is 7. The lowest BCUT2D eigenvalue weighted by Gasteiger charge is -2.20. The van der Waals surface area contributed by atoms with Gasteiger partial charge in [-0.25, -0.2) is 0 Å². The van der Waals surface area contributed by atoms with Gasteiger partial charge in [-0.3, -0.25) is 9.59 Å². The molecule has 7 heteroatoms. The van der Waals surface area contributed by atoms with E-state index in [0.29, 0.717) is 0 Å². The van der Waals surface area contributed by atoms with E-state index in [1.54, 1.807) is 0 Å². The summed E-state index contributed by atoms with van der Waals surface area (Å²) in [5, 5.41) is 19.6. The maximum absolute atomic E-state index is 11.4. The van der Waals surface area contributed by atoms with Crippen molar-refractivity contribution < 1.29 is 19.8 Å². The van der Waals surface area contributed by atoms with Gasteiger partial charge in [-0.05, 0) is 0 Å². The SMILES string of the molecule is NCC(=O)NCC(=O)N(CCO)CCO. The molecule has 0 radical (unpaired) electrons. The lowest BCUT2D eigenvalue weighted by atomic mass is 10.4. The van der Waals surface area contributed by atoms with Crippen LogP contribution in [0.3, 0.4) is 0 Å². The summed E-state index contributed by atoms with van der Waals surface area (Å²) in [5.41, 5.74) is 5.03. The van der Waals surface area contributed by atoms with Crippen LogP contribution in [0.25, 0.3) is 0 Å². The molecular formula is C8H17N3O4. The van der Waals surface area contributed by atoms with E-state index in [4.69, 9.17) is 15.9 Å². The first-order valence-electron chi connectivity index (χ1n) is 4.62. The highest BCUT2D eigenvalue weighted by Gasteiger charge is 2.12. The summed E-state index contributed by atoms with van der Waals surface area (Å²) >= 11 is 0. The predicted molar refractivity (Wildman–Crippen MR) is 52.8 cm³/mol. The number of hydrogen-bond acceptors (Lipinski definition) is 5. The molecule has 0 atom stereocenters. The minimum atomic E-state index is -0.420. The molecule has 0 aliphatic carbocycles. The van der Waals surface area contributed by atoms with Gasteiger partial charge < -0.3 is 26.2 Å². The molecule has 0 aromatic rings.